The number of likely N-dealkylation sites (tertiary alicyclic amines) is 1. The molecule has 1 atom stereocenters. The Hall–Kier alpha value is -2.25. The summed E-state index contributed by atoms with van der Waals surface area (Å²) < 4.78 is 10.0. The highest BCUT2D eigenvalue weighted by Gasteiger charge is 2.25. The van der Waals surface area contributed by atoms with E-state index in [0.29, 0.717) is 29.9 Å². The van der Waals surface area contributed by atoms with Gasteiger partial charge in [0.05, 0.1) is 19.2 Å². The van der Waals surface area contributed by atoms with E-state index in [9.17, 15) is 4.79 Å². The van der Waals surface area contributed by atoms with Gasteiger partial charge in [0.15, 0.2) is 0 Å². The molecule has 1 aliphatic rings. The number of benzene rings is 1. The van der Waals surface area contributed by atoms with Crippen LogP contribution in [0.2, 0.25) is 0 Å². The predicted octanol–water partition coefficient (Wildman–Crippen LogP) is 1.87. The van der Waals surface area contributed by atoms with Gasteiger partial charge >= 0.3 is 5.97 Å². The minimum Gasteiger partial charge on any atom is -0.465 e. The van der Waals surface area contributed by atoms with Crippen molar-refractivity contribution in [3.63, 3.8) is 0 Å². The van der Waals surface area contributed by atoms with Crippen LogP contribution in [0.4, 0.5) is 0 Å². The number of aliphatic hydroxyl groups is 1. The van der Waals surface area contributed by atoms with Crippen LogP contribution < -0.4 is 0 Å². The number of carbonyl (C=O) groups excluding carboxylic acids is 1. The molecule has 1 aromatic heterocycles. The van der Waals surface area contributed by atoms with Gasteiger partial charge in [-0.1, -0.05) is 17.3 Å². The SMILES string of the molecule is COC(=O)c1ccc(-c2noc(CN3CCCC3CCO)n2)cc1. The Bertz CT molecular complexity index is 683. The standard InChI is InChI=1S/C17H21N3O4/c1-23-17(22)13-6-4-12(5-7-13)16-18-15(24-19-16)11-20-9-2-3-14(20)8-10-21/h4-7,14,21H,2-3,8-11H2,1H3. The quantitative estimate of drug-likeness (QED) is 0.808. The number of aromatic nitrogens is 2. The molecule has 0 bridgehead atoms. The smallest absolute Gasteiger partial charge is 0.337 e. The Morgan fingerprint density at radius 3 is 2.92 bits per heavy atom. The van der Waals surface area contributed by atoms with Crippen molar-refractivity contribution in [2.45, 2.75) is 31.8 Å². The number of hydrogen-bond acceptors (Lipinski definition) is 7. The van der Waals surface area contributed by atoms with E-state index < -0.39 is 0 Å². The van der Waals surface area contributed by atoms with E-state index in [1.54, 1.807) is 24.3 Å². The van der Waals surface area contributed by atoms with Gasteiger partial charge in [-0.25, -0.2) is 4.79 Å². The zero-order valence-corrected chi connectivity index (χ0v) is 13.6. The number of hydrogen-bond donors (Lipinski definition) is 1. The molecule has 1 aliphatic heterocycles. The van der Waals surface area contributed by atoms with Gasteiger partial charge in [-0.15, -0.1) is 0 Å². The van der Waals surface area contributed by atoms with Crippen LogP contribution in [-0.4, -0.2) is 52.4 Å². The molecule has 0 spiro atoms. The van der Waals surface area contributed by atoms with Gasteiger partial charge in [-0.05, 0) is 37.9 Å². The fraction of sp³-hybridized carbons (Fsp3) is 0.471. The number of carbonyl (C=O) groups is 1. The number of rotatable bonds is 6. The summed E-state index contributed by atoms with van der Waals surface area (Å²) in [7, 11) is 1.35. The van der Waals surface area contributed by atoms with E-state index in [2.05, 4.69) is 19.8 Å². The van der Waals surface area contributed by atoms with Crippen LogP contribution in [0, 0.1) is 0 Å². The molecule has 1 aromatic carbocycles. The van der Waals surface area contributed by atoms with Crippen LogP contribution in [0.25, 0.3) is 11.4 Å². The van der Waals surface area contributed by atoms with Crippen molar-refractivity contribution in [3.05, 3.63) is 35.7 Å². The molecule has 1 unspecified atom stereocenters. The first-order valence-corrected chi connectivity index (χ1v) is 8.07. The molecule has 2 heterocycles. The fourth-order valence-corrected chi connectivity index (χ4v) is 3.06. The van der Waals surface area contributed by atoms with Crippen LogP contribution >= 0.6 is 0 Å². The number of aliphatic hydroxyl groups excluding tert-OH is 1. The Morgan fingerprint density at radius 2 is 2.21 bits per heavy atom. The molecule has 3 rings (SSSR count). The van der Waals surface area contributed by atoms with E-state index in [4.69, 9.17) is 9.63 Å². The summed E-state index contributed by atoms with van der Waals surface area (Å²) in [4.78, 5) is 18.2. The van der Waals surface area contributed by atoms with Gasteiger partial charge in [-0.3, -0.25) is 4.90 Å². The topological polar surface area (TPSA) is 88.7 Å². The molecule has 2 aromatic rings. The summed E-state index contributed by atoms with van der Waals surface area (Å²) in [6, 6.07) is 7.27. The third-order valence-electron chi connectivity index (χ3n) is 4.33. The molecule has 1 saturated heterocycles. The average Bonchev–Trinajstić information content (AvgIpc) is 3.25. The summed E-state index contributed by atoms with van der Waals surface area (Å²) >= 11 is 0. The van der Waals surface area contributed by atoms with Gasteiger partial charge in [0.25, 0.3) is 0 Å². The van der Waals surface area contributed by atoms with E-state index in [1.807, 2.05) is 0 Å². The third-order valence-corrected chi connectivity index (χ3v) is 4.33. The first kappa shape index (κ1) is 16.6. The zero-order valence-electron chi connectivity index (χ0n) is 13.6. The Kier molecular flexibility index (Phi) is 5.22. The number of nitrogens with zero attached hydrogens (tertiary/aromatic N) is 3. The van der Waals surface area contributed by atoms with Crippen molar-refractivity contribution < 1.29 is 19.2 Å². The van der Waals surface area contributed by atoms with Crippen LogP contribution in [0.15, 0.2) is 28.8 Å². The first-order valence-electron chi connectivity index (χ1n) is 8.07. The number of esters is 1. The van der Waals surface area contributed by atoms with Crippen molar-refractivity contribution in [2.75, 3.05) is 20.3 Å². The van der Waals surface area contributed by atoms with Gasteiger partial charge < -0.3 is 14.4 Å². The predicted molar refractivity (Wildman–Crippen MR) is 86.2 cm³/mol. The molecule has 0 amide bonds. The summed E-state index contributed by atoms with van der Waals surface area (Å²) in [6.07, 6.45) is 2.99. The summed E-state index contributed by atoms with van der Waals surface area (Å²) in [5.74, 6) is 0.686. The number of methoxy groups -OCH3 is 1. The maximum absolute atomic E-state index is 11.4. The molecule has 1 N–H and O–H groups in total. The monoisotopic (exact) mass is 331 g/mol. The summed E-state index contributed by atoms with van der Waals surface area (Å²) in [5, 5.41) is 13.1. The third kappa shape index (κ3) is 3.63. The lowest BCUT2D eigenvalue weighted by molar-refractivity contribution is 0.0600. The first-order chi connectivity index (χ1) is 11.7. The molecule has 1 fully saturated rings. The molecular formula is C17H21N3O4. The molecule has 7 heteroatoms. The number of ether oxygens (including phenoxy) is 1. The zero-order chi connectivity index (χ0) is 16.9. The summed E-state index contributed by atoms with van der Waals surface area (Å²) in [5.41, 5.74) is 1.26. The van der Waals surface area contributed by atoms with E-state index in [0.717, 1.165) is 31.4 Å². The lowest BCUT2D eigenvalue weighted by Crippen LogP contribution is -2.29. The summed E-state index contributed by atoms with van der Waals surface area (Å²) in [6.45, 7) is 1.77. The van der Waals surface area contributed by atoms with Gasteiger partial charge in [0.2, 0.25) is 11.7 Å². The largest absolute Gasteiger partial charge is 0.465 e. The van der Waals surface area contributed by atoms with Crippen molar-refractivity contribution in [1.29, 1.82) is 0 Å². The van der Waals surface area contributed by atoms with Gasteiger partial charge in [-0.2, -0.15) is 4.98 Å². The molecule has 0 radical (unpaired) electrons. The van der Waals surface area contributed by atoms with E-state index >= 15 is 0 Å². The minimum absolute atomic E-state index is 0.197. The normalized spacial score (nSPS) is 18.0. The molecule has 0 saturated carbocycles. The molecule has 24 heavy (non-hydrogen) atoms. The molecular weight excluding hydrogens is 310 g/mol. The second-order valence-corrected chi connectivity index (χ2v) is 5.86. The van der Waals surface area contributed by atoms with Crippen molar-refractivity contribution in [2.24, 2.45) is 0 Å². The second-order valence-electron chi connectivity index (χ2n) is 5.86. The Balaban J connectivity index is 1.68. The van der Waals surface area contributed by atoms with Crippen LogP contribution in [0.5, 0.6) is 0 Å². The Labute approximate surface area is 140 Å². The average molecular weight is 331 g/mol. The van der Waals surface area contributed by atoms with Gasteiger partial charge in [0.1, 0.15) is 0 Å². The van der Waals surface area contributed by atoms with E-state index in [-0.39, 0.29) is 12.6 Å². The minimum atomic E-state index is -0.376. The highest BCUT2D eigenvalue weighted by atomic mass is 16.5. The maximum Gasteiger partial charge on any atom is 0.337 e. The van der Waals surface area contributed by atoms with Crippen molar-refractivity contribution in [3.8, 4) is 11.4 Å². The highest BCUT2D eigenvalue weighted by molar-refractivity contribution is 5.89. The highest BCUT2D eigenvalue weighted by Crippen LogP contribution is 2.23. The Morgan fingerprint density at radius 1 is 1.42 bits per heavy atom. The van der Waals surface area contributed by atoms with Crippen LogP contribution in [0.3, 0.4) is 0 Å². The second kappa shape index (κ2) is 7.55. The van der Waals surface area contributed by atoms with E-state index in [1.165, 1.54) is 7.11 Å². The van der Waals surface area contributed by atoms with Gasteiger partial charge in [0, 0.05) is 18.2 Å². The van der Waals surface area contributed by atoms with Crippen molar-refractivity contribution in [1.82, 2.24) is 15.0 Å². The van der Waals surface area contributed by atoms with Crippen LogP contribution in [0.1, 0.15) is 35.5 Å². The molecule has 7 nitrogen and oxygen atoms in total. The lowest BCUT2D eigenvalue weighted by Gasteiger charge is -2.21. The maximum atomic E-state index is 11.4. The fourth-order valence-electron chi connectivity index (χ4n) is 3.06. The molecule has 128 valence electrons. The van der Waals surface area contributed by atoms with Crippen molar-refractivity contribution >= 4 is 5.97 Å². The van der Waals surface area contributed by atoms with Crippen LogP contribution in [-0.2, 0) is 11.3 Å². The molecule has 0 aliphatic carbocycles. The lowest BCUT2D eigenvalue weighted by atomic mass is 10.1.